The molecule has 1 saturated heterocycles. The van der Waals surface area contributed by atoms with Gasteiger partial charge in [0.25, 0.3) is 5.91 Å². The van der Waals surface area contributed by atoms with Crippen molar-refractivity contribution < 1.29 is 38.4 Å². The van der Waals surface area contributed by atoms with E-state index >= 15 is 0 Å². The number of phenolic OH excluding ortho intramolecular Hbond substituents is 1. The smallest absolute Gasteiger partial charge is 0.255 e. The number of hydrogen-bond acceptors (Lipinski definition) is 10. The summed E-state index contributed by atoms with van der Waals surface area (Å²) in [6.45, 7) is 3.37. The molecule has 0 spiro atoms. The van der Waals surface area contributed by atoms with E-state index in [0.29, 0.717) is 69.6 Å². The second kappa shape index (κ2) is 16.8. The topological polar surface area (TPSA) is 136 Å². The number of anilines is 1. The van der Waals surface area contributed by atoms with E-state index in [1.807, 2.05) is 66.7 Å². The summed E-state index contributed by atoms with van der Waals surface area (Å²) in [5, 5.41) is 16.7. The zero-order valence-corrected chi connectivity index (χ0v) is 31.2. The van der Waals surface area contributed by atoms with Crippen LogP contribution in [0.5, 0.6) is 23.0 Å². The number of aromatic hydroxyl groups is 1. The highest BCUT2D eigenvalue weighted by molar-refractivity contribution is 9.10. The Hall–Kier alpha value is -4.95. The molecule has 1 aromatic heterocycles. The van der Waals surface area contributed by atoms with Crippen molar-refractivity contribution in [2.75, 3.05) is 44.9 Å². The van der Waals surface area contributed by atoms with Crippen molar-refractivity contribution in [2.24, 2.45) is 0 Å². The highest BCUT2D eigenvalue weighted by atomic mass is 79.9. The van der Waals surface area contributed by atoms with Gasteiger partial charge in [0.1, 0.15) is 29.9 Å². The number of carbonyl (C=O) groups is 3. The molecule has 4 aromatic carbocycles. The number of nitrogens with one attached hydrogen (secondary N) is 2. The molecule has 13 heteroatoms. The molecule has 53 heavy (non-hydrogen) atoms. The largest absolute Gasteiger partial charge is 0.508 e. The van der Waals surface area contributed by atoms with Crippen LogP contribution < -0.4 is 20.1 Å². The molecular weight excluding hydrogens is 762 g/mol. The number of thiophene rings is 1. The van der Waals surface area contributed by atoms with Crippen molar-refractivity contribution in [3.63, 3.8) is 0 Å². The van der Waals surface area contributed by atoms with Crippen LogP contribution >= 0.6 is 27.3 Å². The molecule has 3 N–H and O–H groups in total. The first kappa shape index (κ1) is 36.4. The number of ether oxygens (including phenoxy) is 4. The van der Waals surface area contributed by atoms with E-state index in [0.717, 1.165) is 48.4 Å². The molecule has 2 aliphatic heterocycles. The number of halogens is 1. The third kappa shape index (κ3) is 8.82. The van der Waals surface area contributed by atoms with Crippen molar-refractivity contribution in [3.8, 4) is 33.4 Å². The van der Waals surface area contributed by atoms with E-state index in [2.05, 4.69) is 26.6 Å². The summed E-state index contributed by atoms with van der Waals surface area (Å²) in [5.74, 6) is 1.46. The van der Waals surface area contributed by atoms with Crippen LogP contribution in [0.4, 0.5) is 5.69 Å². The van der Waals surface area contributed by atoms with Crippen molar-refractivity contribution in [1.29, 1.82) is 0 Å². The van der Waals surface area contributed by atoms with Gasteiger partial charge < -0.3 is 34.3 Å². The van der Waals surface area contributed by atoms with E-state index in [9.17, 15) is 19.5 Å². The molecular formula is C40H38BrN3O8S. The Morgan fingerprint density at radius 2 is 1.62 bits per heavy atom. The number of amides is 3. The third-order valence-corrected chi connectivity index (χ3v) is 10.7. The molecule has 7 rings (SSSR count). The molecule has 274 valence electrons. The first-order chi connectivity index (χ1) is 25.8. The highest BCUT2D eigenvalue weighted by Gasteiger charge is 2.39. The number of benzene rings is 4. The summed E-state index contributed by atoms with van der Waals surface area (Å²) in [7, 11) is 0. The van der Waals surface area contributed by atoms with Crippen LogP contribution in [0.15, 0.2) is 89.4 Å². The molecule has 2 aliphatic rings. The van der Waals surface area contributed by atoms with Gasteiger partial charge in [-0.3, -0.25) is 19.7 Å². The molecule has 5 aromatic rings. The quantitative estimate of drug-likeness (QED) is 0.0685. The summed E-state index contributed by atoms with van der Waals surface area (Å²) in [6.07, 6.45) is 1.37. The number of imide groups is 1. The summed E-state index contributed by atoms with van der Waals surface area (Å²) < 4.78 is 25.6. The normalized spacial score (nSPS) is 15.5. The van der Waals surface area contributed by atoms with Crippen LogP contribution in [0.2, 0.25) is 0 Å². The number of fused-ring (bicyclic) bond motifs is 2. The Balaban J connectivity index is 0.777. The lowest BCUT2D eigenvalue weighted by molar-refractivity contribution is -0.136. The van der Waals surface area contributed by atoms with E-state index in [1.165, 1.54) is 0 Å². The minimum Gasteiger partial charge on any atom is -0.508 e. The summed E-state index contributed by atoms with van der Waals surface area (Å²) >= 11 is 5.08. The maximum atomic E-state index is 12.9. The van der Waals surface area contributed by atoms with Gasteiger partial charge in [-0.25, -0.2) is 0 Å². The predicted molar refractivity (Wildman–Crippen MR) is 206 cm³/mol. The molecule has 3 heterocycles. The van der Waals surface area contributed by atoms with Crippen molar-refractivity contribution in [3.05, 3.63) is 101 Å². The van der Waals surface area contributed by atoms with Crippen molar-refractivity contribution in [1.82, 2.24) is 10.2 Å². The number of hydrogen-bond donors (Lipinski definition) is 3. The second-order valence-corrected chi connectivity index (χ2v) is 14.6. The summed E-state index contributed by atoms with van der Waals surface area (Å²) in [4.78, 5) is 39.2. The van der Waals surface area contributed by atoms with Crippen molar-refractivity contribution >= 4 is 60.8 Å². The van der Waals surface area contributed by atoms with E-state index in [1.54, 1.807) is 34.4 Å². The molecule has 0 bridgehead atoms. The van der Waals surface area contributed by atoms with Gasteiger partial charge in [0.15, 0.2) is 5.75 Å². The number of phenols is 1. The summed E-state index contributed by atoms with van der Waals surface area (Å²) in [6, 6.07) is 25.8. The maximum Gasteiger partial charge on any atom is 0.255 e. The van der Waals surface area contributed by atoms with E-state index in [-0.39, 0.29) is 24.0 Å². The fourth-order valence-electron chi connectivity index (χ4n) is 6.31. The standard InChI is InChI=1S/C40H38BrN3O8S/c41-27-4-2-25(3-5-27)38-37(33-13-7-29(45)23-35(33)53-38)52-31-10-8-30(9-11-31)51-21-20-50-19-18-49-17-1-16-42-28-6-12-32-26(22-28)24-44(40(32)48)34-14-15-36(46)43-39(34)47/h2-13,22-23,34,42,45H,1,14-21,24H2,(H,43,46,47). The molecule has 0 saturated carbocycles. The van der Waals surface area contributed by atoms with Crippen LogP contribution in [0.25, 0.3) is 20.5 Å². The summed E-state index contributed by atoms with van der Waals surface area (Å²) in [5.41, 5.74) is 3.39. The Labute approximate surface area is 318 Å². The van der Waals surface area contributed by atoms with Crippen LogP contribution in [0.1, 0.15) is 35.2 Å². The predicted octanol–water partition coefficient (Wildman–Crippen LogP) is 7.50. The van der Waals surface area contributed by atoms with Gasteiger partial charge in [-0.15, -0.1) is 11.3 Å². The van der Waals surface area contributed by atoms with Crippen molar-refractivity contribution in [2.45, 2.75) is 31.8 Å². The molecule has 1 fully saturated rings. The number of piperidine rings is 1. The van der Waals surface area contributed by atoms with Crippen LogP contribution in [0.3, 0.4) is 0 Å². The first-order valence-corrected chi connectivity index (χ1v) is 19.0. The van der Waals surface area contributed by atoms with E-state index in [4.69, 9.17) is 18.9 Å². The van der Waals surface area contributed by atoms with Gasteiger partial charge in [0.2, 0.25) is 11.8 Å². The minimum atomic E-state index is -0.619. The Morgan fingerprint density at radius 3 is 2.42 bits per heavy atom. The lowest BCUT2D eigenvalue weighted by Gasteiger charge is -2.29. The SMILES string of the molecule is O=C1CCC(N2Cc3cc(NCCCOCCOCCOc4ccc(Oc5c(-c6ccc(Br)cc6)sc6cc(O)ccc56)cc4)ccc3C2=O)C(=O)N1. The second-order valence-electron chi connectivity index (χ2n) is 12.6. The third-order valence-electron chi connectivity index (χ3n) is 8.96. The first-order valence-electron chi connectivity index (χ1n) is 17.4. The lowest BCUT2D eigenvalue weighted by atomic mass is 10.0. The zero-order chi connectivity index (χ0) is 36.7. The van der Waals surface area contributed by atoms with Crippen LogP contribution in [-0.2, 0) is 25.6 Å². The molecule has 3 amide bonds. The molecule has 0 aliphatic carbocycles. The lowest BCUT2D eigenvalue weighted by Crippen LogP contribution is -2.52. The maximum absolute atomic E-state index is 12.9. The Bertz CT molecular complexity index is 2100. The fraction of sp³-hybridized carbons (Fsp3) is 0.275. The number of nitrogens with zero attached hydrogens (tertiary/aromatic N) is 1. The number of carbonyl (C=O) groups excluding carboxylic acids is 3. The average Bonchev–Trinajstić information content (AvgIpc) is 3.67. The van der Waals surface area contributed by atoms with Gasteiger partial charge in [0.05, 0.1) is 24.7 Å². The van der Waals surface area contributed by atoms with Gasteiger partial charge in [0, 0.05) is 51.9 Å². The minimum absolute atomic E-state index is 0.178. The Kier molecular flexibility index (Phi) is 11.5. The van der Waals surface area contributed by atoms with Gasteiger partial charge in [-0.1, -0.05) is 28.1 Å². The van der Waals surface area contributed by atoms with E-state index < -0.39 is 11.9 Å². The molecule has 0 radical (unpaired) electrons. The fourth-order valence-corrected chi connectivity index (χ4v) is 7.74. The van der Waals surface area contributed by atoms with Gasteiger partial charge >= 0.3 is 0 Å². The van der Waals surface area contributed by atoms with Gasteiger partial charge in [-0.05, 0) is 96.8 Å². The number of rotatable bonds is 16. The van der Waals surface area contributed by atoms with Crippen LogP contribution in [0, 0.1) is 0 Å². The Morgan fingerprint density at radius 1 is 0.868 bits per heavy atom. The molecule has 1 atom stereocenters. The van der Waals surface area contributed by atoms with Gasteiger partial charge in [-0.2, -0.15) is 0 Å². The molecule has 11 nitrogen and oxygen atoms in total. The molecule has 1 unspecified atom stereocenters. The average molecular weight is 801 g/mol. The van der Waals surface area contributed by atoms with Crippen LogP contribution in [-0.4, -0.2) is 73.3 Å². The zero-order valence-electron chi connectivity index (χ0n) is 28.8. The monoisotopic (exact) mass is 799 g/mol. The highest BCUT2D eigenvalue weighted by Crippen LogP contribution is 2.47.